The summed E-state index contributed by atoms with van der Waals surface area (Å²) in [6.45, 7) is 6.56. The highest BCUT2D eigenvalue weighted by Crippen LogP contribution is 2.33. The molecule has 0 amide bonds. The van der Waals surface area contributed by atoms with Crippen LogP contribution in [0.2, 0.25) is 0 Å². The molecule has 0 fully saturated rings. The number of hydrogen-bond acceptors (Lipinski definition) is 6. The third-order valence-electron chi connectivity index (χ3n) is 5.58. The Bertz CT molecular complexity index is 964. The maximum Gasteiger partial charge on any atom is 0.153 e. The minimum atomic E-state index is -3.17. The van der Waals surface area contributed by atoms with Gasteiger partial charge >= 0.3 is 0 Å². The van der Waals surface area contributed by atoms with Crippen molar-refractivity contribution in [3.05, 3.63) is 59.7 Å². The van der Waals surface area contributed by atoms with E-state index < -0.39 is 22.0 Å². The minimum Gasteiger partial charge on any atom is -0.491 e. The summed E-state index contributed by atoms with van der Waals surface area (Å²) < 4.78 is 41.1. The molecule has 0 heterocycles. The van der Waals surface area contributed by atoms with Gasteiger partial charge in [0.2, 0.25) is 0 Å². The second-order valence-electron chi connectivity index (χ2n) is 8.78. The van der Waals surface area contributed by atoms with Gasteiger partial charge in [0.1, 0.15) is 59.9 Å². The van der Waals surface area contributed by atoms with Gasteiger partial charge in [-0.15, -0.1) is 11.6 Å². The largest absolute Gasteiger partial charge is 0.491 e. The van der Waals surface area contributed by atoms with Crippen LogP contribution in [-0.2, 0) is 18.3 Å². The molecule has 9 heteroatoms. The molecule has 190 valence electrons. The molecule has 0 spiro atoms. The summed E-state index contributed by atoms with van der Waals surface area (Å²) in [5.74, 6) is 1.59. The quantitative estimate of drug-likeness (QED) is 0.213. The molecular weight excluding hydrogens is 591 g/mol. The summed E-state index contributed by atoms with van der Waals surface area (Å²) in [6.07, 6.45) is 0.277. The smallest absolute Gasteiger partial charge is 0.153 e. The van der Waals surface area contributed by atoms with E-state index in [1.54, 1.807) is 23.0 Å². The van der Waals surface area contributed by atoms with Crippen molar-refractivity contribution in [2.45, 2.75) is 51.2 Å². The molecule has 0 aliphatic carbocycles. The number of aliphatic hydroxyl groups is 1. The molecule has 0 aromatic heterocycles. The summed E-state index contributed by atoms with van der Waals surface area (Å²) in [5, 5.41) is 9.54. The molecule has 0 bridgehead atoms. The van der Waals surface area contributed by atoms with E-state index in [9.17, 15) is 13.5 Å². The molecule has 2 rings (SSSR count). The lowest BCUT2D eigenvalue weighted by molar-refractivity contribution is 0.125. The van der Waals surface area contributed by atoms with Crippen molar-refractivity contribution in [2.75, 3.05) is 30.6 Å². The molecule has 0 unspecified atom stereocenters. The third kappa shape index (κ3) is 9.18. The number of hydrogen-bond donors (Lipinski definition) is 1. The Morgan fingerprint density at radius 1 is 0.971 bits per heavy atom. The second-order valence-corrected chi connectivity index (χ2v) is 11.8. The van der Waals surface area contributed by atoms with Gasteiger partial charge in [-0.25, -0.2) is 8.42 Å². The van der Waals surface area contributed by atoms with Gasteiger partial charge in [0, 0.05) is 5.41 Å². The van der Waals surface area contributed by atoms with Crippen molar-refractivity contribution >= 4 is 44.4 Å². The lowest BCUT2D eigenvalue weighted by atomic mass is 9.78. The highest BCUT2D eigenvalue weighted by molar-refractivity contribution is 14.1. The molecule has 34 heavy (non-hydrogen) atoms. The van der Waals surface area contributed by atoms with Gasteiger partial charge < -0.3 is 17.6 Å². The zero-order valence-electron chi connectivity index (χ0n) is 19.9. The molecule has 6 nitrogen and oxygen atoms in total. The van der Waals surface area contributed by atoms with Crippen LogP contribution in [0.1, 0.15) is 44.7 Å². The fourth-order valence-corrected chi connectivity index (χ4v) is 5.64. The number of unbranched alkanes of at least 4 members (excludes halogenated alkanes) is 1. The van der Waals surface area contributed by atoms with E-state index in [-0.39, 0.29) is 36.0 Å². The average molecular weight is 625 g/mol. The van der Waals surface area contributed by atoms with Gasteiger partial charge in [-0.1, -0.05) is 51.5 Å². The lowest BCUT2D eigenvalue weighted by Crippen LogP contribution is -2.29. The van der Waals surface area contributed by atoms with Gasteiger partial charge in [-0.05, 0) is 41.8 Å². The fraction of sp³-hybridized carbons (Fsp3) is 0.520. The number of rotatable bonds is 15. The predicted molar refractivity (Wildman–Crippen MR) is 145 cm³/mol. The van der Waals surface area contributed by atoms with E-state index >= 15 is 0 Å². The van der Waals surface area contributed by atoms with Crippen molar-refractivity contribution in [2.24, 2.45) is 0 Å². The Morgan fingerprint density at radius 3 is 1.91 bits per heavy atom. The Balaban J connectivity index is 1.98. The average Bonchev–Trinajstić information content (AvgIpc) is 2.84. The highest BCUT2D eigenvalue weighted by Gasteiger charge is 2.24. The van der Waals surface area contributed by atoms with Crippen LogP contribution in [0, 0.1) is 0 Å². The van der Waals surface area contributed by atoms with E-state index in [4.69, 9.17) is 24.1 Å². The van der Waals surface area contributed by atoms with E-state index in [0.29, 0.717) is 17.9 Å². The lowest BCUT2D eigenvalue weighted by Gasteiger charge is -2.26. The van der Waals surface area contributed by atoms with Gasteiger partial charge in [0.05, 0.1) is 17.4 Å². The van der Waals surface area contributed by atoms with Crippen LogP contribution < -0.4 is 9.47 Å². The van der Waals surface area contributed by atoms with Crippen LogP contribution in [0.4, 0.5) is 0 Å². The number of halogens is 2. The normalized spacial score (nSPS) is 13.9. The number of benzene rings is 2. The van der Waals surface area contributed by atoms with Gasteiger partial charge in [-0.2, -0.15) is 0 Å². The molecule has 1 N–H and O–H groups in total. The first-order chi connectivity index (χ1) is 16.1. The van der Waals surface area contributed by atoms with Gasteiger partial charge in [-0.3, -0.25) is 0 Å². The van der Waals surface area contributed by atoms with Crippen molar-refractivity contribution < 1.29 is 26.1 Å². The maximum atomic E-state index is 12.2. The first-order valence-electron chi connectivity index (χ1n) is 11.3. The molecule has 0 aliphatic rings. The van der Waals surface area contributed by atoms with Gasteiger partial charge in [0.15, 0.2) is 9.84 Å². The summed E-state index contributed by atoms with van der Waals surface area (Å²) in [4.78, 5) is 0. The summed E-state index contributed by atoms with van der Waals surface area (Å²) >= 11 is 7.33. The third-order valence-corrected chi connectivity index (χ3v) is 8.45. The summed E-state index contributed by atoms with van der Waals surface area (Å²) in [5.41, 5.74) is 1.96. The second kappa shape index (κ2) is 13.9. The van der Waals surface area contributed by atoms with Crippen LogP contribution in [-0.4, -0.2) is 56.3 Å². The standard InChI is InChI=1S/C25H34ClIO6S/c1-4-5-14-34(29,30)18-24(33-27)17-32-23-12-8-20(9-13-23)25(2,3)19-6-10-22(11-7-19)31-16-21(28)15-26/h6-13,21,24,28H,4-5,14-18H2,1-3H3/t21-,24-/m1/s1. The van der Waals surface area contributed by atoms with Crippen molar-refractivity contribution in [3.63, 3.8) is 0 Å². The van der Waals surface area contributed by atoms with Crippen LogP contribution in [0.5, 0.6) is 11.5 Å². The van der Waals surface area contributed by atoms with Crippen LogP contribution in [0.25, 0.3) is 0 Å². The Kier molecular flexibility index (Phi) is 11.9. The Hall–Kier alpha value is -1.07. The molecule has 2 aromatic rings. The molecule has 2 atom stereocenters. The molecular formula is C25H34ClIO6S. The number of alkyl halides is 1. The Labute approximate surface area is 222 Å². The summed E-state index contributed by atoms with van der Waals surface area (Å²) in [7, 11) is -3.17. The molecule has 0 aliphatic heterocycles. The molecule has 0 radical (unpaired) electrons. The Morgan fingerprint density at radius 2 is 1.47 bits per heavy atom. The molecule has 2 aromatic carbocycles. The zero-order chi connectivity index (χ0) is 25.2. The first-order valence-corrected chi connectivity index (χ1v) is 14.5. The monoisotopic (exact) mass is 624 g/mol. The zero-order valence-corrected chi connectivity index (χ0v) is 23.6. The van der Waals surface area contributed by atoms with E-state index in [1.165, 1.54) is 0 Å². The number of ether oxygens (including phenoxy) is 2. The SMILES string of the molecule is CCCCS(=O)(=O)C[C@@H](COc1ccc(C(C)(C)c2ccc(OC[C@H](O)CCl)cc2)cc1)OI. The first kappa shape index (κ1) is 29.2. The van der Waals surface area contributed by atoms with E-state index in [2.05, 4.69) is 13.8 Å². The van der Waals surface area contributed by atoms with Crippen molar-refractivity contribution in [3.8, 4) is 11.5 Å². The van der Waals surface area contributed by atoms with Crippen molar-refractivity contribution in [1.82, 2.24) is 0 Å². The van der Waals surface area contributed by atoms with Crippen molar-refractivity contribution in [1.29, 1.82) is 0 Å². The fourth-order valence-electron chi connectivity index (χ4n) is 3.36. The van der Waals surface area contributed by atoms with Gasteiger partial charge in [0.25, 0.3) is 0 Å². The van der Waals surface area contributed by atoms with Crippen LogP contribution >= 0.6 is 34.6 Å². The highest BCUT2D eigenvalue weighted by atomic mass is 127. The maximum absolute atomic E-state index is 12.2. The van der Waals surface area contributed by atoms with E-state index in [1.807, 2.05) is 55.5 Å². The van der Waals surface area contributed by atoms with Crippen LogP contribution in [0.3, 0.4) is 0 Å². The molecule has 0 saturated heterocycles. The summed E-state index contributed by atoms with van der Waals surface area (Å²) in [6, 6.07) is 15.6. The topological polar surface area (TPSA) is 82.1 Å². The molecule has 0 saturated carbocycles. The predicted octanol–water partition coefficient (Wildman–Crippen LogP) is 5.32. The number of sulfone groups is 1. The minimum absolute atomic E-state index is 0.0500. The van der Waals surface area contributed by atoms with Crippen LogP contribution in [0.15, 0.2) is 48.5 Å². The number of aliphatic hydroxyl groups excluding tert-OH is 1. The van der Waals surface area contributed by atoms with E-state index in [0.717, 1.165) is 17.5 Å².